The summed E-state index contributed by atoms with van der Waals surface area (Å²) in [6, 6.07) is 0. The average molecular weight is 272 g/mol. The summed E-state index contributed by atoms with van der Waals surface area (Å²) < 4.78 is 4.61. The molecule has 0 bridgehead atoms. The molecule has 1 aliphatic rings. The van der Waals surface area contributed by atoms with Gasteiger partial charge in [-0.2, -0.15) is 0 Å². The monoisotopic (exact) mass is 271 g/mol. The van der Waals surface area contributed by atoms with Crippen molar-refractivity contribution in [3.8, 4) is 0 Å². The third-order valence-corrected chi connectivity index (χ3v) is 2.61. The van der Waals surface area contributed by atoms with E-state index in [9.17, 15) is 9.59 Å². The second kappa shape index (κ2) is 7.01. The number of hydrogen-bond donors (Lipinski definition) is 1. The molecule has 18 heavy (non-hydrogen) atoms. The molecule has 0 spiro atoms. The maximum absolute atomic E-state index is 11.5. The molecular formula is C12H14ClNO4. The molecule has 1 aliphatic carbocycles. The SMILES string of the molecule is CCCONC1=C(Cl)C=CC(C(=O)OC)C1=C=O. The quantitative estimate of drug-likeness (QED) is 0.355. The molecule has 0 heterocycles. The Kier molecular flexibility index (Phi) is 5.65. The van der Waals surface area contributed by atoms with Crippen molar-refractivity contribution in [3.63, 3.8) is 0 Å². The molecule has 0 aromatic heterocycles. The van der Waals surface area contributed by atoms with Crippen LogP contribution in [0.25, 0.3) is 0 Å². The summed E-state index contributed by atoms with van der Waals surface area (Å²) in [5.41, 5.74) is 2.89. The second-order valence-corrected chi connectivity index (χ2v) is 3.96. The van der Waals surface area contributed by atoms with Crippen LogP contribution in [-0.4, -0.2) is 25.6 Å². The Bertz CT molecular complexity index is 435. The normalized spacial score (nSPS) is 18.6. The van der Waals surface area contributed by atoms with Crippen molar-refractivity contribution in [2.75, 3.05) is 13.7 Å². The van der Waals surface area contributed by atoms with Gasteiger partial charge in [-0.05, 0) is 12.5 Å². The fourth-order valence-electron chi connectivity index (χ4n) is 1.41. The Labute approximate surface area is 110 Å². The van der Waals surface area contributed by atoms with Crippen LogP contribution in [0.1, 0.15) is 13.3 Å². The zero-order valence-electron chi connectivity index (χ0n) is 10.2. The van der Waals surface area contributed by atoms with Gasteiger partial charge >= 0.3 is 5.97 Å². The van der Waals surface area contributed by atoms with Crippen LogP contribution < -0.4 is 5.48 Å². The predicted molar refractivity (Wildman–Crippen MR) is 66.1 cm³/mol. The number of nitrogens with one attached hydrogen (secondary N) is 1. The average Bonchev–Trinajstić information content (AvgIpc) is 2.39. The van der Waals surface area contributed by atoms with Crippen molar-refractivity contribution in [2.45, 2.75) is 13.3 Å². The number of hydroxylamine groups is 1. The fraction of sp³-hybridized carbons (Fsp3) is 0.417. The molecule has 1 N–H and O–H groups in total. The summed E-state index contributed by atoms with van der Waals surface area (Å²) in [7, 11) is 1.25. The van der Waals surface area contributed by atoms with Gasteiger partial charge in [-0.1, -0.05) is 24.6 Å². The summed E-state index contributed by atoms with van der Waals surface area (Å²) in [6.45, 7) is 2.39. The third-order valence-electron chi connectivity index (χ3n) is 2.30. The van der Waals surface area contributed by atoms with E-state index in [-0.39, 0.29) is 16.3 Å². The molecule has 0 fully saturated rings. The van der Waals surface area contributed by atoms with Crippen molar-refractivity contribution >= 4 is 23.5 Å². The van der Waals surface area contributed by atoms with Crippen LogP contribution in [0.5, 0.6) is 0 Å². The first-order chi connectivity index (χ1) is 8.65. The molecule has 98 valence electrons. The molecule has 0 radical (unpaired) electrons. The molecule has 0 amide bonds. The van der Waals surface area contributed by atoms with Crippen LogP contribution in [0.2, 0.25) is 0 Å². The number of rotatable bonds is 5. The minimum Gasteiger partial charge on any atom is -0.468 e. The van der Waals surface area contributed by atoms with Crippen molar-refractivity contribution < 1.29 is 19.2 Å². The van der Waals surface area contributed by atoms with Gasteiger partial charge in [0.2, 0.25) is 0 Å². The first-order valence-corrected chi connectivity index (χ1v) is 5.82. The molecule has 0 saturated heterocycles. The summed E-state index contributed by atoms with van der Waals surface area (Å²) in [5.74, 6) is 0.337. The first-order valence-electron chi connectivity index (χ1n) is 5.44. The topological polar surface area (TPSA) is 64.6 Å². The predicted octanol–water partition coefficient (Wildman–Crippen LogP) is 1.48. The standard InChI is InChI=1S/C12H14ClNO4/c1-3-6-18-14-11-9(7-15)8(12(16)17-2)4-5-10(11)13/h4-5,8,14H,3,6H2,1-2H3. The number of halogens is 1. The highest BCUT2D eigenvalue weighted by atomic mass is 35.5. The number of carbonyl (C=O) groups is 1. The van der Waals surface area contributed by atoms with Crippen LogP contribution in [-0.2, 0) is 19.2 Å². The largest absolute Gasteiger partial charge is 0.468 e. The Balaban J connectivity index is 2.94. The van der Waals surface area contributed by atoms with E-state index in [2.05, 4.69) is 10.2 Å². The maximum atomic E-state index is 11.5. The maximum Gasteiger partial charge on any atom is 0.317 e. The van der Waals surface area contributed by atoms with Crippen molar-refractivity contribution in [1.29, 1.82) is 0 Å². The minimum absolute atomic E-state index is 0.0745. The van der Waals surface area contributed by atoms with Gasteiger partial charge in [0.25, 0.3) is 0 Å². The summed E-state index contributed by atoms with van der Waals surface area (Å²) in [4.78, 5) is 27.6. The Morgan fingerprint density at radius 1 is 1.61 bits per heavy atom. The van der Waals surface area contributed by atoms with E-state index < -0.39 is 11.9 Å². The minimum atomic E-state index is -0.817. The molecule has 5 nitrogen and oxygen atoms in total. The van der Waals surface area contributed by atoms with Crippen LogP contribution in [0.3, 0.4) is 0 Å². The van der Waals surface area contributed by atoms with Gasteiger partial charge in [0.05, 0.1) is 30.0 Å². The summed E-state index contributed by atoms with van der Waals surface area (Å²) in [5, 5.41) is 0.282. The van der Waals surface area contributed by atoms with Crippen LogP contribution in [0, 0.1) is 5.92 Å². The fourth-order valence-corrected chi connectivity index (χ4v) is 1.62. The van der Waals surface area contributed by atoms with Gasteiger partial charge in [0.15, 0.2) is 0 Å². The van der Waals surface area contributed by atoms with E-state index in [4.69, 9.17) is 16.4 Å². The van der Waals surface area contributed by atoms with Crippen molar-refractivity contribution in [2.24, 2.45) is 5.92 Å². The Morgan fingerprint density at radius 3 is 2.89 bits per heavy atom. The number of allylic oxidation sites excluding steroid dienone is 3. The van der Waals surface area contributed by atoms with E-state index in [0.717, 1.165) is 6.42 Å². The number of methoxy groups -OCH3 is 1. The first kappa shape index (κ1) is 14.5. The molecule has 0 saturated carbocycles. The zero-order valence-corrected chi connectivity index (χ0v) is 10.9. The van der Waals surface area contributed by atoms with E-state index in [1.807, 2.05) is 6.92 Å². The summed E-state index contributed by atoms with van der Waals surface area (Å²) >= 11 is 5.95. The molecule has 1 atom stereocenters. The second-order valence-electron chi connectivity index (χ2n) is 3.55. The van der Waals surface area contributed by atoms with E-state index >= 15 is 0 Å². The molecule has 0 aromatic rings. The van der Waals surface area contributed by atoms with Gasteiger partial charge in [0, 0.05) is 0 Å². The number of esters is 1. The molecular weight excluding hydrogens is 258 g/mol. The van der Waals surface area contributed by atoms with Gasteiger partial charge in [-0.3, -0.25) is 15.1 Å². The number of ether oxygens (including phenoxy) is 1. The molecule has 6 heteroatoms. The van der Waals surface area contributed by atoms with Crippen LogP contribution >= 0.6 is 11.6 Å². The molecule has 1 rings (SSSR count). The van der Waals surface area contributed by atoms with E-state index in [1.165, 1.54) is 19.3 Å². The highest BCUT2D eigenvalue weighted by molar-refractivity contribution is 6.32. The van der Waals surface area contributed by atoms with E-state index in [1.54, 1.807) is 5.94 Å². The molecule has 0 aromatic carbocycles. The van der Waals surface area contributed by atoms with Crippen molar-refractivity contribution in [3.05, 3.63) is 28.5 Å². The molecule has 0 aliphatic heterocycles. The number of carbonyl (C=O) groups excluding carboxylic acids is 2. The highest BCUT2D eigenvalue weighted by Gasteiger charge is 2.29. The molecule has 1 unspecified atom stereocenters. The van der Waals surface area contributed by atoms with E-state index in [0.29, 0.717) is 6.61 Å². The Hall–Kier alpha value is -1.55. The summed E-state index contributed by atoms with van der Waals surface area (Å²) in [6.07, 6.45) is 3.80. The lowest BCUT2D eigenvalue weighted by Gasteiger charge is -2.20. The lowest BCUT2D eigenvalue weighted by atomic mass is 9.93. The lowest BCUT2D eigenvalue weighted by molar-refractivity contribution is -0.142. The van der Waals surface area contributed by atoms with Gasteiger partial charge in [-0.15, -0.1) is 0 Å². The van der Waals surface area contributed by atoms with Crippen molar-refractivity contribution in [1.82, 2.24) is 5.48 Å². The van der Waals surface area contributed by atoms with Gasteiger partial charge in [-0.25, -0.2) is 4.79 Å². The lowest BCUT2D eigenvalue weighted by Crippen LogP contribution is -2.27. The van der Waals surface area contributed by atoms with Gasteiger partial charge in [0.1, 0.15) is 11.9 Å². The number of hydrogen-bond acceptors (Lipinski definition) is 5. The zero-order chi connectivity index (χ0) is 13.5. The van der Waals surface area contributed by atoms with Gasteiger partial charge < -0.3 is 4.74 Å². The van der Waals surface area contributed by atoms with Crippen LogP contribution in [0.15, 0.2) is 28.5 Å². The van der Waals surface area contributed by atoms with Crippen LogP contribution in [0.4, 0.5) is 0 Å². The smallest absolute Gasteiger partial charge is 0.317 e. The highest BCUT2D eigenvalue weighted by Crippen LogP contribution is 2.28. The third kappa shape index (κ3) is 3.23. The Morgan fingerprint density at radius 2 is 2.33 bits per heavy atom.